The Balaban J connectivity index is 3.51. The van der Waals surface area contributed by atoms with Gasteiger partial charge in [0.1, 0.15) is 0 Å². The van der Waals surface area contributed by atoms with E-state index in [4.69, 9.17) is 0 Å². The number of allylic oxidation sites excluding steroid dienone is 2. The molecule has 0 saturated carbocycles. The SMILES string of the molecule is C=C/C=C(\C=C)CNCCCC. The largest absolute Gasteiger partial charge is 0.313 e. The summed E-state index contributed by atoms with van der Waals surface area (Å²) in [5.74, 6) is 0. The lowest BCUT2D eigenvalue weighted by atomic mass is 10.2. The Morgan fingerprint density at radius 1 is 1.42 bits per heavy atom. The van der Waals surface area contributed by atoms with E-state index >= 15 is 0 Å². The fourth-order valence-electron chi connectivity index (χ4n) is 0.885. The average Bonchev–Trinajstić information content (AvgIpc) is 2.10. The quantitative estimate of drug-likeness (QED) is 0.452. The van der Waals surface area contributed by atoms with Crippen LogP contribution in [0.2, 0.25) is 0 Å². The van der Waals surface area contributed by atoms with Crippen LogP contribution in [0.3, 0.4) is 0 Å². The van der Waals surface area contributed by atoms with E-state index in [9.17, 15) is 0 Å². The summed E-state index contributed by atoms with van der Waals surface area (Å²) >= 11 is 0. The molecule has 0 saturated heterocycles. The molecule has 0 aromatic heterocycles. The van der Waals surface area contributed by atoms with E-state index < -0.39 is 0 Å². The molecule has 0 aliphatic heterocycles. The summed E-state index contributed by atoms with van der Waals surface area (Å²) in [5.41, 5.74) is 1.20. The molecule has 0 spiro atoms. The van der Waals surface area contributed by atoms with E-state index in [1.54, 1.807) is 6.08 Å². The number of hydrogen-bond donors (Lipinski definition) is 1. The summed E-state index contributed by atoms with van der Waals surface area (Å²) < 4.78 is 0. The average molecular weight is 165 g/mol. The van der Waals surface area contributed by atoms with Crippen molar-refractivity contribution in [2.75, 3.05) is 13.1 Å². The van der Waals surface area contributed by atoms with Crippen molar-refractivity contribution in [1.82, 2.24) is 5.32 Å². The van der Waals surface area contributed by atoms with Crippen LogP contribution in [0.25, 0.3) is 0 Å². The predicted molar refractivity (Wildman–Crippen MR) is 56.3 cm³/mol. The lowest BCUT2D eigenvalue weighted by molar-refractivity contribution is 0.675. The van der Waals surface area contributed by atoms with E-state index in [1.165, 1.54) is 18.4 Å². The van der Waals surface area contributed by atoms with Crippen LogP contribution in [-0.4, -0.2) is 13.1 Å². The van der Waals surface area contributed by atoms with Gasteiger partial charge in [-0.25, -0.2) is 0 Å². The fraction of sp³-hybridized carbons (Fsp3) is 0.455. The Hall–Kier alpha value is -0.820. The molecule has 1 nitrogen and oxygen atoms in total. The summed E-state index contributed by atoms with van der Waals surface area (Å²) in [5, 5.41) is 3.33. The summed E-state index contributed by atoms with van der Waals surface area (Å²) in [4.78, 5) is 0. The molecular weight excluding hydrogens is 146 g/mol. The zero-order chi connectivity index (χ0) is 9.23. The van der Waals surface area contributed by atoms with Crippen LogP contribution in [0.5, 0.6) is 0 Å². The van der Waals surface area contributed by atoms with Crippen LogP contribution >= 0.6 is 0 Å². The molecule has 0 aromatic carbocycles. The standard InChI is InChI=1S/C11H19N/c1-4-7-9-12-10-11(6-3)8-5-2/h5-6,8,12H,2-4,7,9-10H2,1H3/b11-8+. The first-order valence-electron chi connectivity index (χ1n) is 4.49. The molecular formula is C11H19N. The van der Waals surface area contributed by atoms with Crippen molar-refractivity contribution in [3.8, 4) is 0 Å². The van der Waals surface area contributed by atoms with Gasteiger partial charge in [0.2, 0.25) is 0 Å². The third-order valence-electron chi connectivity index (χ3n) is 1.63. The van der Waals surface area contributed by atoms with Crippen molar-refractivity contribution in [2.24, 2.45) is 0 Å². The second-order valence-electron chi connectivity index (χ2n) is 2.71. The van der Waals surface area contributed by atoms with Crippen molar-refractivity contribution >= 4 is 0 Å². The van der Waals surface area contributed by atoms with Gasteiger partial charge in [0.15, 0.2) is 0 Å². The van der Waals surface area contributed by atoms with Gasteiger partial charge in [-0.1, -0.05) is 44.7 Å². The Morgan fingerprint density at radius 3 is 2.67 bits per heavy atom. The normalized spacial score (nSPS) is 11.2. The zero-order valence-electron chi connectivity index (χ0n) is 7.97. The van der Waals surface area contributed by atoms with E-state index in [2.05, 4.69) is 25.4 Å². The van der Waals surface area contributed by atoms with Gasteiger partial charge in [0, 0.05) is 6.54 Å². The molecule has 1 N–H and O–H groups in total. The molecule has 0 unspecified atom stereocenters. The first-order chi connectivity index (χ1) is 5.85. The van der Waals surface area contributed by atoms with Crippen molar-refractivity contribution in [2.45, 2.75) is 19.8 Å². The van der Waals surface area contributed by atoms with Crippen LogP contribution in [0.4, 0.5) is 0 Å². The molecule has 12 heavy (non-hydrogen) atoms. The second kappa shape index (κ2) is 8.28. The van der Waals surface area contributed by atoms with E-state index in [-0.39, 0.29) is 0 Å². The molecule has 0 radical (unpaired) electrons. The number of hydrogen-bond acceptors (Lipinski definition) is 1. The van der Waals surface area contributed by atoms with E-state index in [0.29, 0.717) is 0 Å². The minimum absolute atomic E-state index is 0.898. The molecule has 0 bridgehead atoms. The molecule has 1 heteroatoms. The first kappa shape index (κ1) is 11.2. The highest BCUT2D eigenvalue weighted by molar-refractivity contribution is 5.22. The molecule has 0 amide bonds. The van der Waals surface area contributed by atoms with E-state index in [1.807, 2.05) is 12.2 Å². The highest BCUT2D eigenvalue weighted by atomic mass is 14.8. The summed E-state index contributed by atoms with van der Waals surface area (Å²) in [6, 6.07) is 0. The Morgan fingerprint density at radius 2 is 2.17 bits per heavy atom. The number of unbranched alkanes of at least 4 members (excludes halogenated alkanes) is 1. The maximum atomic E-state index is 3.72. The molecule has 68 valence electrons. The van der Waals surface area contributed by atoms with Crippen LogP contribution in [0.15, 0.2) is 37.0 Å². The maximum Gasteiger partial charge on any atom is 0.0205 e. The smallest absolute Gasteiger partial charge is 0.0205 e. The molecule has 0 aliphatic carbocycles. The second-order valence-corrected chi connectivity index (χ2v) is 2.71. The van der Waals surface area contributed by atoms with Gasteiger partial charge >= 0.3 is 0 Å². The third kappa shape index (κ3) is 5.93. The van der Waals surface area contributed by atoms with Crippen LogP contribution < -0.4 is 5.32 Å². The Bertz CT molecular complexity index is 156. The lowest BCUT2D eigenvalue weighted by Crippen LogP contribution is -2.17. The zero-order valence-corrected chi connectivity index (χ0v) is 7.97. The summed E-state index contributed by atoms with van der Waals surface area (Å²) in [6.07, 6.45) is 8.10. The summed E-state index contributed by atoms with van der Waals surface area (Å²) in [6.45, 7) is 11.5. The maximum absolute atomic E-state index is 3.72. The first-order valence-corrected chi connectivity index (χ1v) is 4.49. The van der Waals surface area contributed by atoms with Crippen LogP contribution in [0.1, 0.15) is 19.8 Å². The predicted octanol–water partition coefficient (Wildman–Crippen LogP) is 2.67. The Kier molecular flexibility index (Phi) is 7.71. The van der Waals surface area contributed by atoms with Gasteiger partial charge in [-0.2, -0.15) is 0 Å². The molecule has 0 fully saturated rings. The van der Waals surface area contributed by atoms with Crippen molar-refractivity contribution in [3.05, 3.63) is 37.0 Å². The lowest BCUT2D eigenvalue weighted by Gasteiger charge is -2.03. The Labute approximate surface area is 75.9 Å². The van der Waals surface area contributed by atoms with Crippen LogP contribution in [0, 0.1) is 0 Å². The van der Waals surface area contributed by atoms with Crippen LogP contribution in [-0.2, 0) is 0 Å². The topological polar surface area (TPSA) is 12.0 Å². The third-order valence-corrected chi connectivity index (χ3v) is 1.63. The van der Waals surface area contributed by atoms with Crippen molar-refractivity contribution in [1.29, 1.82) is 0 Å². The minimum atomic E-state index is 0.898. The molecule has 0 atom stereocenters. The van der Waals surface area contributed by atoms with Gasteiger partial charge < -0.3 is 5.32 Å². The van der Waals surface area contributed by atoms with Crippen molar-refractivity contribution in [3.63, 3.8) is 0 Å². The van der Waals surface area contributed by atoms with E-state index in [0.717, 1.165) is 13.1 Å². The van der Waals surface area contributed by atoms with Gasteiger partial charge in [-0.3, -0.25) is 0 Å². The van der Waals surface area contributed by atoms with Crippen molar-refractivity contribution < 1.29 is 0 Å². The molecule has 0 aliphatic rings. The highest BCUT2D eigenvalue weighted by Crippen LogP contribution is 1.93. The molecule has 0 rings (SSSR count). The monoisotopic (exact) mass is 165 g/mol. The number of nitrogens with one attached hydrogen (secondary N) is 1. The number of rotatable bonds is 7. The van der Waals surface area contributed by atoms with Gasteiger partial charge in [-0.05, 0) is 18.5 Å². The van der Waals surface area contributed by atoms with Gasteiger partial charge in [-0.15, -0.1) is 0 Å². The summed E-state index contributed by atoms with van der Waals surface area (Å²) in [7, 11) is 0. The molecule has 0 aromatic rings. The van der Waals surface area contributed by atoms with Gasteiger partial charge in [0.05, 0.1) is 0 Å². The fourth-order valence-corrected chi connectivity index (χ4v) is 0.885. The highest BCUT2D eigenvalue weighted by Gasteiger charge is 1.88. The molecule has 0 heterocycles. The minimum Gasteiger partial charge on any atom is -0.313 e. The van der Waals surface area contributed by atoms with Gasteiger partial charge in [0.25, 0.3) is 0 Å².